The molecule has 2 aromatic carbocycles. The van der Waals surface area contributed by atoms with Crippen molar-refractivity contribution in [2.45, 2.75) is 11.5 Å². The molecule has 8 heteroatoms. The Kier molecular flexibility index (Phi) is 5.87. The van der Waals surface area contributed by atoms with Gasteiger partial charge in [-0.15, -0.1) is 0 Å². The Labute approximate surface area is 150 Å². The third kappa shape index (κ3) is 4.08. The minimum Gasteiger partial charge on any atom is -0.457 e. The lowest BCUT2D eigenvalue weighted by Crippen LogP contribution is -2.22. The molecule has 0 aliphatic heterocycles. The standard InChI is InChI=1S/C16H15Cl2NO4S/c1-19(2)24(21,22)12-6-3-5-11(9-12)16(20)23-10-13-14(17)7-4-8-15(13)18/h3-9H,10H2,1-2H3. The van der Waals surface area contributed by atoms with Crippen LogP contribution in [0.25, 0.3) is 0 Å². The van der Waals surface area contributed by atoms with Crippen LogP contribution in [-0.4, -0.2) is 32.8 Å². The predicted molar refractivity (Wildman–Crippen MR) is 92.9 cm³/mol. The van der Waals surface area contributed by atoms with E-state index in [1.54, 1.807) is 18.2 Å². The van der Waals surface area contributed by atoms with Crippen LogP contribution in [0.5, 0.6) is 0 Å². The summed E-state index contributed by atoms with van der Waals surface area (Å²) in [7, 11) is -0.797. The van der Waals surface area contributed by atoms with Gasteiger partial charge in [-0.1, -0.05) is 35.3 Å². The molecule has 0 saturated heterocycles. The van der Waals surface area contributed by atoms with Crippen LogP contribution < -0.4 is 0 Å². The third-order valence-corrected chi connectivity index (χ3v) is 5.78. The van der Waals surface area contributed by atoms with Gasteiger partial charge in [-0.05, 0) is 30.3 Å². The highest BCUT2D eigenvalue weighted by Crippen LogP contribution is 2.25. The zero-order valence-electron chi connectivity index (χ0n) is 13.0. The highest BCUT2D eigenvalue weighted by Gasteiger charge is 2.19. The number of esters is 1. The van der Waals surface area contributed by atoms with Crippen LogP contribution in [-0.2, 0) is 21.4 Å². The van der Waals surface area contributed by atoms with Gasteiger partial charge in [0.2, 0.25) is 10.0 Å². The van der Waals surface area contributed by atoms with Crippen molar-refractivity contribution in [2.75, 3.05) is 14.1 Å². The Morgan fingerprint density at radius 1 is 1.08 bits per heavy atom. The maximum Gasteiger partial charge on any atom is 0.338 e. The number of hydrogen-bond donors (Lipinski definition) is 0. The summed E-state index contributed by atoms with van der Waals surface area (Å²) in [4.78, 5) is 12.2. The smallest absolute Gasteiger partial charge is 0.338 e. The van der Waals surface area contributed by atoms with E-state index in [0.717, 1.165) is 4.31 Å². The van der Waals surface area contributed by atoms with Gasteiger partial charge in [-0.3, -0.25) is 0 Å². The lowest BCUT2D eigenvalue weighted by atomic mass is 10.2. The summed E-state index contributed by atoms with van der Waals surface area (Å²) in [5.41, 5.74) is 0.618. The molecule has 0 unspecified atom stereocenters. The van der Waals surface area contributed by atoms with E-state index in [2.05, 4.69) is 0 Å². The van der Waals surface area contributed by atoms with Crippen molar-refractivity contribution in [3.63, 3.8) is 0 Å². The lowest BCUT2D eigenvalue weighted by molar-refractivity contribution is 0.0472. The molecule has 0 amide bonds. The summed E-state index contributed by atoms with van der Waals surface area (Å²) in [6.45, 7) is -0.109. The number of benzene rings is 2. The number of nitrogens with zero attached hydrogens (tertiary/aromatic N) is 1. The average molecular weight is 388 g/mol. The monoisotopic (exact) mass is 387 g/mol. The van der Waals surface area contributed by atoms with Gasteiger partial charge in [0, 0.05) is 29.7 Å². The normalized spacial score (nSPS) is 11.5. The van der Waals surface area contributed by atoms with Crippen LogP contribution >= 0.6 is 23.2 Å². The molecular weight excluding hydrogens is 373 g/mol. The van der Waals surface area contributed by atoms with E-state index < -0.39 is 16.0 Å². The molecule has 0 bridgehead atoms. The van der Waals surface area contributed by atoms with Gasteiger partial charge in [-0.2, -0.15) is 0 Å². The van der Waals surface area contributed by atoms with E-state index in [9.17, 15) is 13.2 Å². The molecule has 24 heavy (non-hydrogen) atoms. The van der Waals surface area contributed by atoms with Crippen LogP contribution in [0.4, 0.5) is 0 Å². The van der Waals surface area contributed by atoms with Crippen molar-refractivity contribution in [2.24, 2.45) is 0 Å². The fourth-order valence-electron chi connectivity index (χ4n) is 1.89. The van der Waals surface area contributed by atoms with Crippen molar-refractivity contribution >= 4 is 39.2 Å². The van der Waals surface area contributed by atoms with Crippen LogP contribution in [0.15, 0.2) is 47.4 Å². The fourth-order valence-corrected chi connectivity index (χ4v) is 3.34. The van der Waals surface area contributed by atoms with Crippen molar-refractivity contribution < 1.29 is 17.9 Å². The largest absolute Gasteiger partial charge is 0.457 e. The quantitative estimate of drug-likeness (QED) is 0.735. The lowest BCUT2D eigenvalue weighted by Gasteiger charge is -2.12. The Hall–Kier alpha value is -1.60. The summed E-state index contributed by atoms with van der Waals surface area (Å²) in [5.74, 6) is -0.665. The van der Waals surface area contributed by atoms with Crippen molar-refractivity contribution in [1.29, 1.82) is 0 Å². The van der Waals surface area contributed by atoms with Gasteiger partial charge in [0.1, 0.15) is 6.61 Å². The molecule has 0 aromatic heterocycles. The zero-order chi connectivity index (χ0) is 17.9. The third-order valence-electron chi connectivity index (χ3n) is 3.26. The van der Waals surface area contributed by atoms with E-state index in [-0.39, 0.29) is 17.1 Å². The number of ether oxygens (including phenoxy) is 1. The number of sulfonamides is 1. The highest BCUT2D eigenvalue weighted by molar-refractivity contribution is 7.89. The fraction of sp³-hybridized carbons (Fsp3) is 0.188. The minimum atomic E-state index is -3.63. The highest BCUT2D eigenvalue weighted by atomic mass is 35.5. The molecule has 0 N–H and O–H groups in total. The molecule has 0 aliphatic rings. The Morgan fingerprint density at radius 2 is 1.67 bits per heavy atom. The van der Waals surface area contributed by atoms with Gasteiger partial charge in [0.15, 0.2) is 0 Å². The van der Waals surface area contributed by atoms with Crippen LogP contribution in [0.1, 0.15) is 15.9 Å². The molecule has 128 valence electrons. The molecule has 0 fully saturated rings. The van der Waals surface area contributed by atoms with E-state index >= 15 is 0 Å². The summed E-state index contributed by atoms with van der Waals surface area (Å²) < 4.78 is 30.5. The zero-order valence-corrected chi connectivity index (χ0v) is 15.3. The molecule has 5 nitrogen and oxygen atoms in total. The SMILES string of the molecule is CN(C)S(=O)(=O)c1cccc(C(=O)OCc2c(Cl)cccc2Cl)c1. The first-order valence-corrected chi connectivity index (χ1v) is 9.05. The summed E-state index contributed by atoms with van der Waals surface area (Å²) >= 11 is 12.0. The van der Waals surface area contributed by atoms with E-state index in [4.69, 9.17) is 27.9 Å². The Bertz CT molecular complexity index is 846. The summed E-state index contributed by atoms with van der Waals surface area (Å²) in [5, 5.41) is 0.776. The van der Waals surface area contributed by atoms with Crippen molar-refractivity contribution in [3.05, 3.63) is 63.6 Å². The number of halogens is 2. The minimum absolute atomic E-state index is 0.0118. The molecule has 0 spiro atoms. The van der Waals surface area contributed by atoms with E-state index in [0.29, 0.717) is 15.6 Å². The number of carbonyl (C=O) groups excluding carboxylic acids is 1. The number of hydrogen-bond acceptors (Lipinski definition) is 4. The maximum atomic E-state index is 12.2. The molecule has 2 aromatic rings. The molecule has 0 heterocycles. The first-order valence-electron chi connectivity index (χ1n) is 6.86. The molecular formula is C16H15Cl2NO4S. The van der Waals surface area contributed by atoms with Crippen LogP contribution in [0, 0.1) is 0 Å². The first-order chi connectivity index (χ1) is 11.2. The second-order valence-corrected chi connectivity index (χ2v) is 8.06. The molecule has 0 aliphatic carbocycles. The molecule has 0 saturated carbocycles. The molecule has 2 rings (SSSR count). The molecule has 0 atom stereocenters. The Balaban J connectivity index is 2.20. The van der Waals surface area contributed by atoms with Gasteiger partial charge in [0.25, 0.3) is 0 Å². The molecule has 0 radical (unpaired) electrons. The van der Waals surface area contributed by atoms with Crippen molar-refractivity contribution in [1.82, 2.24) is 4.31 Å². The second-order valence-electron chi connectivity index (χ2n) is 5.09. The van der Waals surface area contributed by atoms with Gasteiger partial charge in [0.05, 0.1) is 10.5 Å². The first kappa shape index (κ1) is 18.7. The van der Waals surface area contributed by atoms with E-state index in [1.165, 1.54) is 38.4 Å². The van der Waals surface area contributed by atoms with Gasteiger partial charge in [-0.25, -0.2) is 17.5 Å². The van der Waals surface area contributed by atoms with Gasteiger partial charge >= 0.3 is 5.97 Å². The summed E-state index contributed by atoms with van der Waals surface area (Å²) in [6.07, 6.45) is 0. The van der Waals surface area contributed by atoms with Crippen LogP contribution in [0.2, 0.25) is 10.0 Å². The predicted octanol–water partition coefficient (Wildman–Crippen LogP) is 3.60. The van der Waals surface area contributed by atoms with Gasteiger partial charge < -0.3 is 4.74 Å². The Morgan fingerprint density at radius 3 is 2.25 bits per heavy atom. The summed E-state index contributed by atoms with van der Waals surface area (Å²) in [6, 6.07) is 10.6. The maximum absolute atomic E-state index is 12.2. The average Bonchev–Trinajstić information content (AvgIpc) is 2.54. The second kappa shape index (κ2) is 7.53. The number of carbonyl (C=O) groups is 1. The van der Waals surface area contributed by atoms with Crippen molar-refractivity contribution in [3.8, 4) is 0 Å². The van der Waals surface area contributed by atoms with Crippen LogP contribution in [0.3, 0.4) is 0 Å². The number of rotatable bonds is 5. The van der Waals surface area contributed by atoms with E-state index in [1.807, 2.05) is 0 Å². The topological polar surface area (TPSA) is 63.7 Å².